The predicted molar refractivity (Wildman–Crippen MR) is 128 cm³/mol. The maximum Gasteiger partial charge on any atom is 0.302 e. The van der Waals surface area contributed by atoms with Gasteiger partial charge in [0.15, 0.2) is 0 Å². The van der Waals surface area contributed by atoms with Crippen molar-refractivity contribution in [1.82, 2.24) is 9.97 Å². The summed E-state index contributed by atoms with van der Waals surface area (Å²) in [7, 11) is 1.51. The maximum absolute atomic E-state index is 13.7. The molecule has 7 nitrogen and oxygen atoms in total. The second kappa shape index (κ2) is 8.42. The zero-order chi connectivity index (χ0) is 24.0. The summed E-state index contributed by atoms with van der Waals surface area (Å²) in [6.45, 7) is 0. The van der Waals surface area contributed by atoms with Crippen molar-refractivity contribution in [2.45, 2.75) is 6.04 Å². The van der Waals surface area contributed by atoms with Gasteiger partial charge in [0, 0.05) is 5.56 Å². The number of amides is 1. The van der Waals surface area contributed by atoms with Crippen molar-refractivity contribution in [3.05, 3.63) is 93.7 Å². The van der Waals surface area contributed by atoms with Gasteiger partial charge < -0.3 is 14.8 Å². The number of nitrogens with one attached hydrogen (secondary N) is 1. The van der Waals surface area contributed by atoms with E-state index in [9.17, 15) is 19.1 Å². The highest BCUT2D eigenvalue weighted by Gasteiger charge is 2.48. The van der Waals surface area contributed by atoms with E-state index >= 15 is 0 Å². The molecule has 4 aromatic rings. The number of hydrogen-bond donors (Lipinski definition) is 2. The molecule has 3 aromatic carbocycles. The number of aliphatic hydroxyl groups is 1. The smallest absolute Gasteiger partial charge is 0.302 e. The average molecular weight is 522 g/mol. The van der Waals surface area contributed by atoms with Crippen molar-refractivity contribution in [3.63, 3.8) is 0 Å². The number of para-hydroxylation sites is 2. The third-order valence-corrected chi connectivity index (χ3v) is 6.28. The van der Waals surface area contributed by atoms with Crippen LogP contribution in [0.3, 0.4) is 0 Å². The topological polar surface area (TPSA) is 95.5 Å². The first-order valence-corrected chi connectivity index (χ1v) is 11.0. The van der Waals surface area contributed by atoms with E-state index in [-0.39, 0.29) is 17.3 Å². The summed E-state index contributed by atoms with van der Waals surface area (Å²) >= 11 is 3.37. The molecule has 1 fully saturated rings. The molecule has 1 aliphatic heterocycles. The normalized spacial score (nSPS) is 17.5. The molecule has 0 spiro atoms. The molecule has 2 heterocycles. The number of anilines is 1. The van der Waals surface area contributed by atoms with Crippen LogP contribution in [0.1, 0.15) is 17.2 Å². The number of benzene rings is 3. The standard InChI is InChI=1S/C25H17BrFN3O4/c1-34-19-11-8-14(12-16(19)26)22(31)20-21(13-6-9-15(27)10-7-13)30(24(33)23(20)32)25-28-17-4-2-3-5-18(17)29-25/h2-12,21,31H,1H3,(H,28,29)/b22-20+. The number of Topliss-reactive ketones (excluding diaryl/α,β-unsaturated/α-hetero) is 1. The van der Waals surface area contributed by atoms with Crippen molar-refractivity contribution in [3.8, 4) is 5.75 Å². The Balaban J connectivity index is 1.72. The zero-order valence-electron chi connectivity index (χ0n) is 17.8. The van der Waals surface area contributed by atoms with Gasteiger partial charge in [-0.3, -0.25) is 14.5 Å². The predicted octanol–water partition coefficient (Wildman–Crippen LogP) is 5.10. The number of nitrogens with zero attached hydrogens (tertiary/aromatic N) is 2. The number of methoxy groups -OCH3 is 1. The number of aromatic amines is 1. The molecule has 1 saturated heterocycles. The molecule has 1 amide bonds. The van der Waals surface area contributed by atoms with E-state index in [1.54, 1.807) is 36.4 Å². The first kappa shape index (κ1) is 21.8. The summed E-state index contributed by atoms with van der Waals surface area (Å²) in [6.07, 6.45) is 0. The molecule has 34 heavy (non-hydrogen) atoms. The average Bonchev–Trinajstić information content (AvgIpc) is 3.37. The monoisotopic (exact) mass is 521 g/mol. The van der Waals surface area contributed by atoms with Gasteiger partial charge in [-0.2, -0.15) is 0 Å². The highest BCUT2D eigenvalue weighted by Crippen LogP contribution is 2.42. The SMILES string of the molecule is COc1ccc(/C(O)=C2\C(=O)C(=O)N(c3nc4ccccc4[nH]3)C2c2ccc(F)cc2)cc1Br. The van der Waals surface area contributed by atoms with Crippen LogP contribution < -0.4 is 9.64 Å². The lowest BCUT2D eigenvalue weighted by Crippen LogP contribution is -2.30. The third-order valence-electron chi connectivity index (χ3n) is 5.66. The molecule has 1 aromatic heterocycles. The number of halogens is 2. The summed E-state index contributed by atoms with van der Waals surface area (Å²) in [5, 5.41) is 11.2. The molecule has 0 aliphatic carbocycles. The molecule has 1 atom stereocenters. The van der Waals surface area contributed by atoms with E-state index < -0.39 is 23.5 Å². The van der Waals surface area contributed by atoms with E-state index in [1.807, 2.05) is 6.07 Å². The van der Waals surface area contributed by atoms with Gasteiger partial charge in [-0.25, -0.2) is 9.37 Å². The fraction of sp³-hybridized carbons (Fsp3) is 0.0800. The van der Waals surface area contributed by atoms with Crippen LogP contribution in [0, 0.1) is 5.82 Å². The molecule has 0 bridgehead atoms. The van der Waals surface area contributed by atoms with E-state index in [4.69, 9.17) is 4.74 Å². The summed E-state index contributed by atoms with van der Waals surface area (Å²) in [6, 6.07) is 16.4. The first-order chi connectivity index (χ1) is 16.4. The lowest BCUT2D eigenvalue weighted by atomic mass is 9.95. The van der Waals surface area contributed by atoms with Gasteiger partial charge in [0.25, 0.3) is 5.78 Å². The molecular weight excluding hydrogens is 505 g/mol. The molecule has 0 saturated carbocycles. The van der Waals surface area contributed by atoms with Gasteiger partial charge in [0.05, 0.1) is 34.2 Å². The Morgan fingerprint density at radius 3 is 2.53 bits per heavy atom. The quantitative estimate of drug-likeness (QED) is 0.221. The van der Waals surface area contributed by atoms with Crippen molar-refractivity contribution in [2.24, 2.45) is 0 Å². The van der Waals surface area contributed by atoms with Crippen molar-refractivity contribution < 1.29 is 23.8 Å². The number of imidazole rings is 1. The molecule has 2 N–H and O–H groups in total. The molecule has 1 unspecified atom stereocenters. The summed E-state index contributed by atoms with van der Waals surface area (Å²) in [5.74, 6) is -1.89. The van der Waals surface area contributed by atoms with Gasteiger partial charge >= 0.3 is 5.91 Å². The number of ether oxygens (including phenoxy) is 1. The minimum Gasteiger partial charge on any atom is -0.507 e. The Labute approximate surface area is 201 Å². The highest BCUT2D eigenvalue weighted by molar-refractivity contribution is 9.10. The van der Waals surface area contributed by atoms with Gasteiger partial charge in [0.1, 0.15) is 17.3 Å². The van der Waals surface area contributed by atoms with Gasteiger partial charge in [-0.15, -0.1) is 0 Å². The van der Waals surface area contributed by atoms with Crippen LogP contribution in [0.25, 0.3) is 16.8 Å². The Kier molecular flexibility index (Phi) is 5.41. The van der Waals surface area contributed by atoms with Crippen LogP contribution in [-0.4, -0.2) is 33.9 Å². The number of aliphatic hydroxyl groups excluding tert-OH is 1. The van der Waals surface area contributed by atoms with E-state index in [0.717, 1.165) is 0 Å². The molecule has 1 aliphatic rings. The molecule has 5 rings (SSSR count). The lowest BCUT2D eigenvalue weighted by Gasteiger charge is -2.23. The Bertz CT molecular complexity index is 1450. The summed E-state index contributed by atoms with van der Waals surface area (Å²) in [5.41, 5.74) is 1.90. The van der Waals surface area contributed by atoms with Crippen LogP contribution in [0.4, 0.5) is 10.3 Å². The maximum atomic E-state index is 13.7. The van der Waals surface area contributed by atoms with E-state index in [2.05, 4.69) is 25.9 Å². The van der Waals surface area contributed by atoms with Crippen LogP contribution in [-0.2, 0) is 9.59 Å². The number of aromatic nitrogens is 2. The highest BCUT2D eigenvalue weighted by atomic mass is 79.9. The fourth-order valence-corrected chi connectivity index (χ4v) is 4.57. The minimum atomic E-state index is -1.03. The summed E-state index contributed by atoms with van der Waals surface area (Å²) < 4.78 is 19.5. The van der Waals surface area contributed by atoms with Crippen molar-refractivity contribution in [2.75, 3.05) is 12.0 Å². The Morgan fingerprint density at radius 2 is 1.85 bits per heavy atom. The summed E-state index contributed by atoms with van der Waals surface area (Å²) in [4.78, 5) is 35.2. The Morgan fingerprint density at radius 1 is 1.12 bits per heavy atom. The van der Waals surface area contributed by atoms with Gasteiger partial charge in [0.2, 0.25) is 5.95 Å². The van der Waals surface area contributed by atoms with E-state index in [0.29, 0.717) is 32.4 Å². The van der Waals surface area contributed by atoms with Crippen molar-refractivity contribution >= 4 is 50.4 Å². The number of carbonyl (C=O) groups is 2. The van der Waals surface area contributed by atoms with E-state index in [1.165, 1.54) is 36.3 Å². The number of hydrogen-bond acceptors (Lipinski definition) is 5. The number of ketones is 1. The fourth-order valence-electron chi connectivity index (χ4n) is 4.03. The van der Waals surface area contributed by atoms with Gasteiger partial charge in [-0.05, 0) is 64.0 Å². The lowest BCUT2D eigenvalue weighted by molar-refractivity contribution is -0.132. The molecule has 0 radical (unpaired) electrons. The second-order valence-electron chi connectivity index (χ2n) is 7.65. The second-order valence-corrected chi connectivity index (χ2v) is 8.50. The number of H-pyrrole nitrogens is 1. The number of carbonyl (C=O) groups excluding carboxylic acids is 2. The minimum absolute atomic E-state index is 0.130. The first-order valence-electron chi connectivity index (χ1n) is 10.2. The van der Waals surface area contributed by atoms with Crippen LogP contribution in [0.5, 0.6) is 5.75 Å². The Hall–Kier alpha value is -3.98. The molecular formula is C25H17BrFN3O4. The van der Waals surface area contributed by atoms with Gasteiger partial charge in [-0.1, -0.05) is 24.3 Å². The van der Waals surface area contributed by atoms with Crippen LogP contribution in [0.2, 0.25) is 0 Å². The zero-order valence-corrected chi connectivity index (χ0v) is 19.3. The third kappa shape index (κ3) is 3.54. The van der Waals surface area contributed by atoms with Crippen LogP contribution >= 0.6 is 15.9 Å². The molecule has 9 heteroatoms. The number of fused-ring (bicyclic) bond motifs is 1. The molecule has 170 valence electrons. The number of rotatable bonds is 4. The largest absolute Gasteiger partial charge is 0.507 e. The van der Waals surface area contributed by atoms with Crippen molar-refractivity contribution in [1.29, 1.82) is 0 Å². The van der Waals surface area contributed by atoms with Crippen LogP contribution in [0.15, 0.2) is 76.8 Å².